The van der Waals surface area contributed by atoms with Gasteiger partial charge in [-0.15, -0.1) is 0 Å². The van der Waals surface area contributed by atoms with Crippen LogP contribution in [-0.2, 0) is 6.54 Å². The number of halogens is 3. The Balaban J connectivity index is 1.81. The molecular weight excluding hydrogens is 275 g/mol. The minimum absolute atomic E-state index is 0.280. The molecule has 1 aromatic rings. The molecule has 0 saturated carbocycles. The van der Waals surface area contributed by atoms with Crippen LogP contribution in [-0.4, -0.2) is 12.7 Å². The van der Waals surface area contributed by atoms with Crippen molar-refractivity contribution in [2.45, 2.75) is 64.1 Å². The molecule has 0 aliphatic rings. The second-order valence-electron chi connectivity index (χ2n) is 5.50. The van der Waals surface area contributed by atoms with Gasteiger partial charge in [0.15, 0.2) is 0 Å². The van der Waals surface area contributed by atoms with Gasteiger partial charge in [-0.1, -0.05) is 62.4 Å². The largest absolute Gasteiger partial charge is 0.389 e. The summed E-state index contributed by atoms with van der Waals surface area (Å²) in [6.45, 7) is 1.90. The van der Waals surface area contributed by atoms with Crippen LogP contribution in [0.5, 0.6) is 0 Å². The number of hydrogen-bond donors (Lipinski definition) is 1. The highest BCUT2D eigenvalue weighted by molar-refractivity contribution is 5.14. The molecule has 4 heteroatoms. The molecule has 0 amide bonds. The van der Waals surface area contributed by atoms with Crippen molar-refractivity contribution in [1.29, 1.82) is 0 Å². The Morgan fingerprint density at radius 3 is 1.95 bits per heavy atom. The first-order valence-corrected chi connectivity index (χ1v) is 7.89. The molecule has 0 heterocycles. The normalized spacial score (nSPS) is 11.8. The van der Waals surface area contributed by atoms with Crippen molar-refractivity contribution in [3.63, 3.8) is 0 Å². The molecule has 0 saturated heterocycles. The lowest BCUT2D eigenvalue weighted by atomic mass is 10.1. The van der Waals surface area contributed by atoms with Crippen LogP contribution in [0.15, 0.2) is 30.3 Å². The van der Waals surface area contributed by atoms with E-state index in [1.54, 1.807) is 0 Å². The van der Waals surface area contributed by atoms with Gasteiger partial charge in [0.2, 0.25) is 0 Å². The van der Waals surface area contributed by atoms with E-state index in [0.29, 0.717) is 6.42 Å². The maximum absolute atomic E-state index is 11.9. The average Bonchev–Trinajstić information content (AvgIpc) is 2.44. The number of rotatable bonds is 11. The van der Waals surface area contributed by atoms with E-state index >= 15 is 0 Å². The highest BCUT2D eigenvalue weighted by atomic mass is 19.4. The fraction of sp³-hybridized carbons (Fsp3) is 0.647. The number of benzene rings is 1. The molecule has 0 fully saturated rings. The summed E-state index contributed by atoms with van der Waals surface area (Å²) in [5, 5.41) is 3.40. The van der Waals surface area contributed by atoms with Gasteiger partial charge in [-0.05, 0) is 24.9 Å². The lowest BCUT2D eigenvalue weighted by Gasteiger charge is -2.06. The van der Waals surface area contributed by atoms with Crippen molar-refractivity contribution in [2.75, 3.05) is 6.54 Å². The van der Waals surface area contributed by atoms with Gasteiger partial charge in [-0.25, -0.2) is 0 Å². The molecule has 0 bridgehead atoms. The zero-order valence-corrected chi connectivity index (χ0v) is 12.6. The molecular formula is C17H26F3N. The minimum Gasteiger partial charge on any atom is -0.313 e. The molecule has 120 valence electrons. The van der Waals surface area contributed by atoms with E-state index in [1.165, 1.54) is 5.56 Å². The molecule has 0 unspecified atom stereocenters. The Morgan fingerprint density at radius 1 is 0.762 bits per heavy atom. The van der Waals surface area contributed by atoms with Crippen LogP contribution in [0, 0.1) is 0 Å². The van der Waals surface area contributed by atoms with Gasteiger partial charge >= 0.3 is 6.18 Å². The summed E-state index contributed by atoms with van der Waals surface area (Å²) in [5.74, 6) is 0. The maximum Gasteiger partial charge on any atom is 0.389 e. The molecule has 0 aliphatic carbocycles. The molecule has 1 nitrogen and oxygen atoms in total. The summed E-state index contributed by atoms with van der Waals surface area (Å²) < 4.78 is 35.8. The van der Waals surface area contributed by atoms with Crippen LogP contribution in [0.25, 0.3) is 0 Å². The van der Waals surface area contributed by atoms with Crippen LogP contribution in [0.2, 0.25) is 0 Å². The summed E-state index contributed by atoms with van der Waals surface area (Å²) in [7, 11) is 0. The third-order valence-electron chi connectivity index (χ3n) is 3.49. The number of hydrogen-bond acceptors (Lipinski definition) is 1. The van der Waals surface area contributed by atoms with Gasteiger partial charge in [-0.3, -0.25) is 0 Å². The summed E-state index contributed by atoms with van der Waals surface area (Å²) >= 11 is 0. The maximum atomic E-state index is 11.9. The number of nitrogens with one attached hydrogen (secondary N) is 1. The number of alkyl halides is 3. The van der Waals surface area contributed by atoms with Crippen molar-refractivity contribution >= 4 is 0 Å². The first kappa shape index (κ1) is 18.0. The van der Waals surface area contributed by atoms with Crippen molar-refractivity contribution in [3.8, 4) is 0 Å². The van der Waals surface area contributed by atoms with E-state index in [-0.39, 0.29) is 6.42 Å². The average molecular weight is 301 g/mol. The molecule has 1 aromatic carbocycles. The van der Waals surface area contributed by atoms with Crippen molar-refractivity contribution in [2.24, 2.45) is 0 Å². The van der Waals surface area contributed by atoms with E-state index in [1.807, 2.05) is 18.2 Å². The van der Waals surface area contributed by atoms with E-state index in [2.05, 4.69) is 17.4 Å². The molecule has 1 rings (SSSR count). The van der Waals surface area contributed by atoms with Gasteiger partial charge in [0.1, 0.15) is 0 Å². The Morgan fingerprint density at radius 2 is 1.33 bits per heavy atom. The quantitative estimate of drug-likeness (QED) is 0.535. The third kappa shape index (κ3) is 11.3. The Bertz CT molecular complexity index is 349. The minimum atomic E-state index is -3.98. The highest BCUT2D eigenvalue weighted by Gasteiger charge is 2.25. The monoisotopic (exact) mass is 301 g/mol. The molecule has 0 spiro atoms. The van der Waals surface area contributed by atoms with Crippen molar-refractivity contribution in [3.05, 3.63) is 35.9 Å². The van der Waals surface area contributed by atoms with Gasteiger partial charge < -0.3 is 5.32 Å². The topological polar surface area (TPSA) is 12.0 Å². The van der Waals surface area contributed by atoms with Crippen LogP contribution in [0.1, 0.15) is 56.9 Å². The number of unbranched alkanes of at least 4 members (excludes halogenated alkanes) is 6. The van der Waals surface area contributed by atoms with Crippen LogP contribution in [0.4, 0.5) is 13.2 Å². The Hall–Kier alpha value is -1.03. The summed E-state index contributed by atoms with van der Waals surface area (Å²) in [4.78, 5) is 0. The first-order valence-electron chi connectivity index (χ1n) is 7.89. The molecule has 0 aliphatic heterocycles. The second kappa shape index (κ2) is 10.7. The molecule has 0 atom stereocenters. The molecule has 21 heavy (non-hydrogen) atoms. The fourth-order valence-corrected chi connectivity index (χ4v) is 2.29. The van der Waals surface area contributed by atoms with Crippen LogP contribution < -0.4 is 5.32 Å². The van der Waals surface area contributed by atoms with Gasteiger partial charge in [0.25, 0.3) is 0 Å². The fourth-order valence-electron chi connectivity index (χ4n) is 2.29. The van der Waals surface area contributed by atoms with Crippen LogP contribution >= 0.6 is 0 Å². The Kier molecular flexibility index (Phi) is 9.15. The van der Waals surface area contributed by atoms with Gasteiger partial charge in [-0.2, -0.15) is 13.2 Å². The van der Waals surface area contributed by atoms with E-state index < -0.39 is 12.6 Å². The van der Waals surface area contributed by atoms with E-state index in [0.717, 1.165) is 45.2 Å². The lowest BCUT2D eigenvalue weighted by molar-refractivity contribution is -0.135. The predicted molar refractivity (Wildman–Crippen MR) is 81.1 cm³/mol. The van der Waals surface area contributed by atoms with Crippen LogP contribution in [0.3, 0.4) is 0 Å². The zero-order chi connectivity index (χ0) is 15.4. The standard InChI is InChI=1S/C17H26F3N/c18-17(19,20)13-9-4-2-1-3-5-10-14-21-15-16-11-7-6-8-12-16/h6-8,11-12,21H,1-5,9-10,13-15H2. The predicted octanol–water partition coefficient (Wildman–Crippen LogP) is 5.46. The second-order valence-corrected chi connectivity index (χ2v) is 5.50. The molecule has 1 N–H and O–H groups in total. The summed E-state index contributed by atoms with van der Waals surface area (Å²) in [6, 6.07) is 10.3. The SMILES string of the molecule is FC(F)(F)CCCCCCCCCNCc1ccccc1. The molecule has 0 aromatic heterocycles. The third-order valence-corrected chi connectivity index (χ3v) is 3.49. The van der Waals surface area contributed by atoms with Crippen molar-refractivity contribution < 1.29 is 13.2 Å². The highest BCUT2D eigenvalue weighted by Crippen LogP contribution is 2.23. The zero-order valence-electron chi connectivity index (χ0n) is 12.6. The molecule has 0 radical (unpaired) electrons. The summed E-state index contributed by atoms with van der Waals surface area (Å²) in [5.41, 5.74) is 1.29. The van der Waals surface area contributed by atoms with E-state index in [9.17, 15) is 13.2 Å². The lowest BCUT2D eigenvalue weighted by Crippen LogP contribution is -2.14. The first-order chi connectivity index (χ1) is 10.1. The van der Waals surface area contributed by atoms with Gasteiger partial charge in [0.05, 0.1) is 0 Å². The van der Waals surface area contributed by atoms with E-state index in [4.69, 9.17) is 0 Å². The van der Waals surface area contributed by atoms with Crippen molar-refractivity contribution in [1.82, 2.24) is 5.32 Å². The Labute approximate surface area is 125 Å². The summed E-state index contributed by atoms with van der Waals surface area (Å²) in [6.07, 6.45) is 1.76. The smallest absolute Gasteiger partial charge is 0.313 e. The van der Waals surface area contributed by atoms with Gasteiger partial charge in [0, 0.05) is 13.0 Å².